The van der Waals surface area contributed by atoms with Gasteiger partial charge in [0.1, 0.15) is 11.6 Å². The monoisotopic (exact) mass is 323 g/mol. The summed E-state index contributed by atoms with van der Waals surface area (Å²) >= 11 is 3.18. The molecule has 1 aromatic carbocycles. The Labute approximate surface area is 131 Å². The Kier molecular flexibility index (Phi) is 5.03. The number of hydrogen-bond donors (Lipinski definition) is 2. The van der Waals surface area contributed by atoms with Crippen molar-refractivity contribution in [1.29, 1.82) is 5.41 Å². The predicted octanol–water partition coefficient (Wildman–Crippen LogP) is 2.19. The molecule has 0 aliphatic heterocycles. The summed E-state index contributed by atoms with van der Waals surface area (Å²) in [7, 11) is 5.47. The lowest BCUT2D eigenvalue weighted by Crippen LogP contribution is -2.12. The lowest BCUT2D eigenvalue weighted by Gasteiger charge is -2.09. The maximum atomic E-state index is 7.50. The number of thioether (sulfide) groups is 1. The van der Waals surface area contributed by atoms with Crippen molar-refractivity contribution in [3.05, 3.63) is 29.3 Å². The number of ether oxygens (including phenoxy) is 1. The van der Waals surface area contributed by atoms with Crippen LogP contribution in [-0.2, 0) is 5.75 Å². The Morgan fingerprint density at radius 3 is 2.76 bits per heavy atom. The molecule has 0 unspecified atom stereocenters. The van der Waals surface area contributed by atoms with Crippen molar-refractivity contribution < 1.29 is 4.74 Å². The third kappa shape index (κ3) is 3.85. The van der Waals surface area contributed by atoms with Gasteiger partial charge in [0.2, 0.25) is 5.13 Å². The second-order valence-electron chi connectivity index (χ2n) is 4.48. The molecule has 0 amide bonds. The summed E-state index contributed by atoms with van der Waals surface area (Å²) in [5.74, 6) is 1.38. The lowest BCUT2D eigenvalue weighted by atomic mass is 10.1. The summed E-state index contributed by atoms with van der Waals surface area (Å²) < 4.78 is 6.20. The summed E-state index contributed by atoms with van der Waals surface area (Å²) in [6.45, 7) is 0. The molecular weight excluding hydrogens is 306 g/mol. The van der Waals surface area contributed by atoms with Crippen LogP contribution in [0, 0.1) is 5.41 Å². The summed E-state index contributed by atoms with van der Waals surface area (Å²) in [5, 5.41) is 16.6. The number of nitrogens with zero attached hydrogens (tertiary/aromatic N) is 3. The van der Waals surface area contributed by atoms with E-state index in [9.17, 15) is 0 Å². The lowest BCUT2D eigenvalue weighted by molar-refractivity contribution is 0.413. The van der Waals surface area contributed by atoms with Gasteiger partial charge >= 0.3 is 0 Å². The minimum Gasteiger partial charge on any atom is -0.496 e. The average molecular weight is 323 g/mol. The molecule has 1 aromatic heterocycles. The number of nitrogen functional groups attached to an aromatic ring is 1. The predicted molar refractivity (Wildman–Crippen MR) is 87.8 cm³/mol. The quantitative estimate of drug-likeness (QED) is 0.481. The highest BCUT2D eigenvalue weighted by molar-refractivity contribution is 8.00. The van der Waals surface area contributed by atoms with E-state index in [0.717, 1.165) is 20.8 Å². The number of rotatable bonds is 6. The Morgan fingerprint density at radius 2 is 2.19 bits per heavy atom. The molecule has 0 aliphatic rings. The summed E-state index contributed by atoms with van der Waals surface area (Å²) in [6, 6.07) is 5.65. The number of amidine groups is 1. The number of aromatic nitrogens is 2. The highest BCUT2D eigenvalue weighted by Crippen LogP contribution is 2.30. The van der Waals surface area contributed by atoms with Crippen molar-refractivity contribution in [2.45, 2.75) is 10.1 Å². The SMILES string of the molecule is COc1cc(CSc2nnc(N(C)C)s2)ccc1C(=N)N. The largest absolute Gasteiger partial charge is 0.496 e. The van der Waals surface area contributed by atoms with Gasteiger partial charge in [-0.2, -0.15) is 0 Å². The van der Waals surface area contributed by atoms with Gasteiger partial charge in [-0.3, -0.25) is 5.41 Å². The molecule has 6 nitrogen and oxygen atoms in total. The van der Waals surface area contributed by atoms with Gasteiger partial charge in [-0.15, -0.1) is 10.2 Å². The topological polar surface area (TPSA) is 88.1 Å². The van der Waals surface area contributed by atoms with Crippen molar-refractivity contribution in [3.8, 4) is 5.75 Å². The molecule has 0 fully saturated rings. The van der Waals surface area contributed by atoms with Crippen LogP contribution in [-0.4, -0.2) is 37.2 Å². The third-order valence-corrected chi connectivity index (χ3v) is 4.99. The van der Waals surface area contributed by atoms with E-state index in [1.165, 1.54) is 0 Å². The van der Waals surface area contributed by atoms with E-state index in [4.69, 9.17) is 15.9 Å². The summed E-state index contributed by atoms with van der Waals surface area (Å²) in [5.41, 5.74) is 7.21. The smallest absolute Gasteiger partial charge is 0.208 e. The molecule has 0 aliphatic carbocycles. The van der Waals surface area contributed by atoms with E-state index in [1.807, 2.05) is 37.2 Å². The number of anilines is 1. The zero-order chi connectivity index (χ0) is 15.4. The zero-order valence-electron chi connectivity index (χ0n) is 12.1. The van der Waals surface area contributed by atoms with Crippen molar-refractivity contribution in [2.24, 2.45) is 5.73 Å². The molecule has 8 heteroatoms. The Balaban J connectivity index is 2.07. The van der Waals surface area contributed by atoms with Crippen LogP contribution in [0.2, 0.25) is 0 Å². The van der Waals surface area contributed by atoms with E-state index in [0.29, 0.717) is 11.3 Å². The van der Waals surface area contributed by atoms with E-state index in [1.54, 1.807) is 30.2 Å². The van der Waals surface area contributed by atoms with Crippen LogP contribution in [0.4, 0.5) is 5.13 Å². The van der Waals surface area contributed by atoms with Crippen LogP contribution >= 0.6 is 23.1 Å². The second-order valence-corrected chi connectivity index (χ2v) is 6.66. The van der Waals surface area contributed by atoms with Crippen LogP contribution in [0.15, 0.2) is 22.5 Å². The Morgan fingerprint density at radius 1 is 1.43 bits per heavy atom. The van der Waals surface area contributed by atoms with Crippen LogP contribution in [0.1, 0.15) is 11.1 Å². The standard InChI is InChI=1S/C13H17N5OS2/c1-18(2)12-16-17-13(21-12)20-7-8-4-5-9(11(14)15)10(6-8)19-3/h4-6H,7H2,1-3H3,(H3,14,15). The third-order valence-electron chi connectivity index (χ3n) is 2.70. The molecule has 2 rings (SSSR count). The molecule has 21 heavy (non-hydrogen) atoms. The highest BCUT2D eigenvalue weighted by atomic mass is 32.2. The molecule has 0 atom stereocenters. The molecule has 0 saturated heterocycles. The van der Waals surface area contributed by atoms with Crippen molar-refractivity contribution >= 4 is 34.1 Å². The van der Waals surface area contributed by atoms with Gasteiger partial charge in [0.25, 0.3) is 0 Å². The van der Waals surface area contributed by atoms with Gasteiger partial charge in [0, 0.05) is 19.8 Å². The van der Waals surface area contributed by atoms with Crippen molar-refractivity contribution in [3.63, 3.8) is 0 Å². The highest BCUT2D eigenvalue weighted by Gasteiger charge is 2.09. The number of benzene rings is 1. The summed E-state index contributed by atoms with van der Waals surface area (Å²) in [6.07, 6.45) is 0. The van der Waals surface area contributed by atoms with Crippen LogP contribution in [0.5, 0.6) is 5.75 Å². The summed E-state index contributed by atoms with van der Waals surface area (Å²) in [4.78, 5) is 1.94. The van der Waals surface area contributed by atoms with E-state index >= 15 is 0 Å². The minimum absolute atomic E-state index is 0.00537. The number of nitrogens with two attached hydrogens (primary N) is 1. The maximum Gasteiger partial charge on any atom is 0.208 e. The van der Waals surface area contributed by atoms with Crippen LogP contribution in [0.3, 0.4) is 0 Å². The van der Waals surface area contributed by atoms with Gasteiger partial charge in [-0.05, 0) is 17.7 Å². The van der Waals surface area contributed by atoms with Gasteiger partial charge < -0.3 is 15.4 Å². The molecule has 0 radical (unpaired) electrons. The number of methoxy groups -OCH3 is 1. The van der Waals surface area contributed by atoms with Crippen molar-refractivity contribution in [2.75, 3.05) is 26.1 Å². The van der Waals surface area contributed by atoms with E-state index < -0.39 is 0 Å². The van der Waals surface area contributed by atoms with Crippen LogP contribution < -0.4 is 15.4 Å². The van der Waals surface area contributed by atoms with Gasteiger partial charge in [0.15, 0.2) is 4.34 Å². The Bertz CT molecular complexity index is 641. The van der Waals surface area contributed by atoms with E-state index in [2.05, 4.69) is 10.2 Å². The van der Waals surface area contributed by atoms with Crippen molar-refractivity contribution in [1.82, 2.24) is 10.2 Å². The first kappa shape index (κ1) is 15.6. The molecule has 2 aromatic rings. The first-order valence-electron chi connectivity index (χ1n) is 6.16. The first-order valence-corrected chi connectivity index (χ1v) is 7.96. The normalized spacial score (nSPS) is 10.4. The maximum absolute atomic E-state index is 7.50. The minimum atomic E-state index is 0.00537. The Hall–Kier alpha value is -1.80. The number of hydrogen-bond acceptors (Lipinski definition) is 7. The van der Waals surface area contributed by atoms with Crippen LogP contribution in [0.25, 0.3) is 0 Å². The second kappa shape index (κ2) is 6.77. The molecule has 0 spiro atoms. The molecule has 0 saturated carbocycles. The van der Waals surface area contributed by atoms with Gasteiger partial charge in [-0.1, -0.05) is 29.2 Å². The molecule has 3 N–H and O–H groups in total. The fourth-order valence-electron chi connectivity index (χ4n) is 1.63. The molecule has 112 valence electrons. The number of nitrogens with one attached hydrogen (secondary N) is 1. The molecule has 0 bridgehead atoms. The van der Waals surface area contributed by atoms with Gasteiger partial charge in [0.05, 0.1) is 12.7 Å². The zero-order valence-corrected chi connectivity index (χ0v) is 13.7. The van der Waals surface area contributed by atoms with E-state index in [-0.39, 0.29) is 5.84 Å². The van der Waals surface area contributed by atoms with Gasteiger partial charge in [-0.25, -0.2) is 0 Å². The molecular formula is C13H17N5OS2. The molecule has 1 heterocycles. The fraction of sp³-hybridized carbons (Fsp3) is 0.308. The first-order chi connectivity index (χ1) is 10.0. The fourth-order valence-corrected chi connectivity index (χ4v) is 3.34. The average Bonchev–Trinajstić information content (AvgIpc) is 2.93.